The van der Waals surface area contributed by atoms with Crippen molar-refractivity contribution in [3.8, 4) is 0 Å². The van der Waals surface area contributed by atoms with E-state index in [9.17, 15) is 19.2 Å². The third kappa shape index (κ3) is 2.91. The molecular formula is C18H20N4O4. The van der Waals surface area contributed by atoms with Crippen molar-refractivity contribution in [3.63, 3.8) is 0 Å². The number of hydrogen-bond acceptors (Lipinski definition) is 6. The van der Waals surface area contributed by atoms with E-state index in [0.29, 0.717) is 4.90 Å². The number of piperidine rings is 1. The Labute approximate surface area is 161 Å². The summed E-state index contributed by atoms with van der Waals surface area (Å²) in [6.45, 7) is -12.6. The van der Waals surface area contributed by atoms with Gasteiger partial charge in [0.2, 0.25) is 11.8 Å². The van der Waals surface area contributed by atoms with Crippen LogP contribution in [0.25, 0.3) is 0 Å². The zero-order chi connectivity index (χ0) is 25.4. The van der Waals surface area contributed by atoms with Gasteiger partial charge in [0.15, 0.2) is 0 Å². The summed E-state index contributed by atoms with van der Waals surface area (Å²) < 4.78 is 64.1. The topological polar surface area (TPSA) is 98.8 Å². The lowest BCUT2D eigenvalue weighted by Gasteiger charge is -2.27. The quantitative estimate of drug-likeness (QED) is 0.701. The summed E-state index contributed by atoms with van der Waals surface area (Å²) >= 11 is 0. The third-order valence-corrected chi connectivity index (χ3v) is 4.35. The molecule has 0 radical (unpaired) electrons. The van der Waals surface area contributed by atoms with Gasteiger partial charge in [-0.1, -0.05) is 6.07 Å². The number of nitrogens with one attached hydrogen (secondary N) is 2. The molecule has 0 aromatic heterocycles. The van der Waals surface area contributed by atoms with Crippen molar-refractivity contribution in [2.24, 2.45) is 0 Å². The van der Waals surface area contributed by atoms with E-state index in [2.05, 4.69) is 5.32 Å². The number of benzene rings is 1. The molecule has 8 nitrogen and oxygen atoms in total. The standard InChI is InChI=1S/C18H20N4O4/c23-15-4-3-14(16(24)20-15)22-17(25)12-2-1-11(9-13(12)18(22)26)10-21-7-5-19-6-8-21/h1-2,9,14,19H,3-8,10H2,(H,20,23,24)/i5D2,6D2,7D2,8D2. The van der Waals surface area contributed by atoms with Crippen LogP contribution in [0.1, 0.15) is 50.1 Å². The normalized spacial score (nSPS) is 36.3. The number of fused-ring (bicyclic) bond motifs is 1. The first-order chi connectivity index (χ1) is 15.5. The second-order valence-electron chi connectivity index (χ2n) is 6.01. The molecule has 4 amide bonds. The molecule has 1 aromatic carbocycles. The lowest BCUT2D eigenvalue weighted by molar-refractivity contribution is -0.136. The van der Waals surface area contributed by atoms with Crippen molar-refractivity contribution in [3.05, 3.63) is 34.9 Å². The summed E-state index contributed by atoms with van der Waals surface area (Å²) in [6, 6.07) is 2.61. The third-order valence-electron chi connectivity index (χ3n) is 4.35. The molecule has 2 saturated heterocycles. The first kappa shape index (κ1) is 9.94. The van der Waals surface area contributed by atoms with Crippen molar-refractivity contribution in [2.45, 2.75) is 25.4 Å². The van der Waals surface area contributed by atoms with Crippen molar-refractivity contribution in [2.75, 3.05) is 26.0 Å². The van der Waals surface area contributed by atoms with Gasteiger partial charge in [-0.15, -0.1) is 0 Å². The summed E-state index contributed by atoms with van der Waals surface area (Å²) in [5.41, 5.74) is -0.0313. The van der Waals surface area contributed by atoms with Crippen molar-refractivity contribution in [1.29, 1.82) is 0 Å². The molecule has 8 heteroatoms. The minimum atomic E-state index is -3.00. The molecule has 1 aromatic rings. The number of hydrogen-bond donors (Lipinski definition) is 2. The van der Waals surface area contributed by atoms with Gasteiger partial charge in [0.05, 0.1) is 11.1 Å². The maximum atomic E-state index is 13.0. The van der Waals surface area contributed by atoms with Crippen molar-refractivity contribution < 1.29 is 30.1 Å². The molecule has 3 heterocycles. The number of rotatable bonds is 3. The number of nitrogens with zero attached hydrogens (tertiary/aromatic N) is 2. The van der Waals surface area contributed by atoms with E-state index < -0.39 is 62.2 Å². The Bertz CT molecular complexity index is 1100. The highest BCUT2D eigenvalue weighted by Gasteiger charge is 2.44. The van der Waals surface area contributed by atoms with Crippen molar-refractivity contribution >= 4 is 23.6 Å². The van der Waals surface area contributed by atoms with Gasteiger partial charge in [0.25, 0.3) is 11.8 Å². The second-order valence-corrected chi connectivity index (χ2v) is 6.01. The Balaban J connectivity index is 1.67. The lowest BCUT2D eigenvalue weighted by Crippen LogP contribution is -2.54. The fourth-order valence-corrected chi connectivity index (χ4v) is 3.13. The molecule has 2 fully saturated rings. The van der Waals surface area contributed by atoms with Crippen LogP contribution in [-0.4, -0.2) is 65.5 Å². The molecule has 2 N–H and O–H groups in total. The Kier molecular flexibility index (Phi) is 2.53. The zero-order valence-electron chi connectivity index (χ0n) is 21.5. The van der Waals surface area contributed by atoms with Crippen LogP contribution in [0.5, 0.6) is 0 Å². The lowest BCUT2D eigenvalue weighted by atomic mass is 10.0. The van der Waals surface area contributed by atoms with Crippen LogP contribution in [0.3, 0.4) is 0 Å². The first-order valence-electron chi connectivity index (χ1n) is 11.9. The number of imide groups is 2. The minimum Gasteiger partial charge on any atom is -0.314 e. The highest BCUT2D eigenvalue weighted by molar-refractivity contribution is 6.23. The average molecular weight is 364 g/mol. The first-order valence-corrected chi connectivity index (χ1v) is 7.93. The molecular weight excluding hydrogens is 336 g/mol. The van der Waals surface area contributed by atoms with Crippen LogP contribution < -0.4 is 10.6 Å². The number of amides is 4. The fourth-order valence-electron chi connectivity index (χ4n) is 3.13. The fraction of sp³-hybridized carbons (Fsp3) is 0.444. The Morgan fingerprint density at radius 2 is 1.81 bits per heavy atom. The predicted molar refractivity (Wildman–Crippen MR) is 91.3 cm³/mol. The maximum absolute atomic E-state index is 13.0. The van der Waals surface area contributed by atoms with Crippen LogP contribution in [-0.2, 0) is 16.1 Å². The van der Waals surface area contributed by atoms with Crippen LogP contribution >= 0.6 is 0 Å². The molecule has 136 valence electrons. The molecule has 1 unspecified atom stereocenters. The summed E-state index contributed by atoms with van der Waals surface area (Å²) in [5, 5.41) is 3.82. The highest BCUT2D eigenvalue weighted by atomic mass is 16.2. The van der Waals surface area contributed by atoms with Gasteiger partial charge in [-0.05, 0) is 24.1 Å². The van der Waals surface area contributed by atoms with Gasteiger partial charge in [-0.25, -0.2) is 0 Å². The summed E-state index contributed by atoms with van der Waals surface area (Å²) in [6.07, 6.45) is -0.0828. The minimum absolute atomic E-state index is 0.0320. The molecule has 4 rings (SSSR count). The molecule has 0 bridgehead atoms. The van der Waals surface area contributed by atoms with E-state index in [1.165, 1.54) is 18.2 Å². The Hall–Kier alpha value is -2.58. The molecule has 26 heavy (non-hydrogen) atoms. The van der Waals surface area contributed by atoms with Gasteiger partial charge in [0, 0.05) is 49.9 Å². The number of carbonyl (C=O) groups excluding carboxylic acids is 4. The van der Waals surface area contributed by atoms with Crippen LogP contribution in [0.15, 0.2) is 18.2 Å². The smallest absolute Gasteiger partial charge is 0.262 e. The van der Waals surface area contributed by atoms with E-state index in [0.717, 1.165) is 4.90 Å². The largest absolute Gasteiger partial charge is 0.314 e. The molecule has 0 spiro atoms. The molecule has 0 saturated carbocycles. The Morgan fingerprint density at radius 1 is 1.08 bits per heavy atom. The van der Waals surface area contributed by atoms with Crippen LogP contribution in [0.2, 0.25) is 0 Å². The zero-order valence-corrected chi connectivity index (χ0v) is 13.5. The molecule has 3 aliphatic heterocycles. The van der Waals surface area contributed by atoms with Gasteiger partial charge < -0.3 is 5.32 Å². The summed E-state index contributed by atoms with van der Waals surface area (Å²) in [7, 11) is 0. The van der Waals surface area contributed by atoms with E-state index in [1.54, 1.807) is 5.32 Å². The second kappa shape index (κ2) is 6.62. The molecule has 3 aliphatic rings. The average Bonchev–Trinajstić information content (AvgIpc) is 2.94. The van der Waals surface area contributed by atoms with E-state index in [1.807, 2.05) is 0 Å². The van der Waals surface area contributed by atoms with Crippen LogP contribution in [0, 0.1) is 0 Å². The molecule has 1 atom stereocenters. The maximum Gasteiger partial charge on any atom is 0.262 e. The van der Waals surface area contributed by atoms with E-state index in [-0.39, 0.29) is 29.5 Å². The highest BCUT2D eigenvalue weighted by Crippen LogP contribution is 2.28. The predicted octanol–water partition coefficient (Wildman–Crippen LogP) is -0.507. The van der Waals surface area contributed by atoms with Crippen molar-refractivity contribution in [1.82, 2.24) is 20.4 Å². The number of piperazine rings is 1. The van der Waals surface area contributed by atoms with Gasteiger partial charge in [-0.3, -0.25) is 34.3 Å². The van der Waals surface area contributed by atoms with Gasteiger partial charge >= 0.3 is 0 Å². The Morgan fingerprint density at radius 3 is 2.54 bits per heavy atom. The number of carbonyl (C=O) groups is 4. The monoisotopic (exact) mass is 364 g/mol. The van der Waals surface area contributed by atoms with E-state index >= 15 is 0 Å². The molecule has 0 aliphatic carbocycles. The van der Waals surface area contributed by atoms with E-state index in [4.69, 9.17) is 11.0 Å². The van der Waals surface area contributed by atoms with Crippen LogP contribution in [0.4, 0.5) is 0 Å². The SMILES string of the molecule is [2H]C1([2H])NC([2H])([2H])C([2H])([2H])N(Cc2ccc3c(c2)C(=O)N(C2CCC(=O)NC2=O)C3=O)C1([2H])[2H]. The van der Waals surface area contributed by atoms with Gasteiger partial charge in [-0.2, -0.15) is 0 Å². The summed E-state index contributed by atoms with van der Waals surface area (Å²) in [4.78, 5) is 50.5. The van der Waals surface area contributed by atoms with Gasteiger partial charge in [0.1, 0.15) is 6.04 Å². The summed E-state index contributed by atoms with van der Waals surface area (Å²) in [5.74, 6) is -2.85.